The molecule has 1 aromatic carbocycles. The van der Waals surface area contributed by atoms with E-state index in [1.807, 2.05) is 42.7 Å². The summed E-state index contributed by atoms with van der Waals surface area (Å²) in [6.45, 7) is 3.92. The molecule has 0 bridgehead atoms. The highest BCUT2D eigenvalue weighted by molar-refractivity contribution is 7.98. The first-order valence-electron chi connectivity index (χ1n) is 6.98. The van der Waals surface area contributed by atoms with Crippen molar-refractivity contribution in [1.29, 1.82) is 0 Å². The van der Waals surface area contributed by atoms with Gasteiger partial charge in [0.25, 0.3) is 0 Å². The molecule has 0 fully saturated rings. The van der Waals surface area contributed by atoms with Crippen LogP contribution in [-0.4, -0.2) is 19.9 Å². The number of para-hydroxylation sites is 1. The summed E-state index contributed by atoms with van der Waals surface area (Å²) >= 11 is 1.41. The summed E-state index contributed by atoms with van der Waals surface area (Å²) in [5, 5.41) is 18.3. The van der Waals surface area contributed by atoms with Crippen molar-refractivity contribution in [3.8, 4) is 11.4 Å². The number of aromatic hydroxyl groups is 1. The van der Waals surface area contributed by atoms with Gasteiger partial charge in [0, 0.05) is 6.07 Å². The van der Waals surface area contributed by atoms with Crippen molar-refractivity contribution in [2.45, 2.75) is 24.8 Å². The van der Waals surface area contributed by atoms with Crippen LogP contribution in [0.5, 0.6) is 5.75 Å². The van der Waals surface area contributed by atoms with Gasteiger partial charge in [-0.15, -0.1) is 10.2 Å². The minimum Gasteiger partial charge on any atom is -0.502 e. The molecule has 7 heteroatoms. The molecular weight excluding hydrogens is 314 g/mol. The van der Waals surface area contributed by atoms with E-state index < -0.39 is 11.2 Å². The molecule has 0 atom stereocenters. The minimum absolute atomic E-state index is 0.391. The van der Waals surface area contributed by atoms with Crippen molar-refractivity contribution >= 4 is 11.8 Å². The number of hydrogen-bond donors (Lipinski definition) is 1. The lowest BCUT2D eigenvalue weighted by molar-refractivity contribution is 0.419. The van der Waals surface area contributed by atoms with Crippen LogP contribution in [0.3, 0.4) is 0 Å². The lowest BCUT2D eigenvalue weighted by Gasteiger charge is -2.10. The summed E-state index contributed by atoms with van der Waals surface area (Å²) in [6.07, 6.45) is 1.05. The molecule has 0 saturated heterocycles. The van der Waals surface area contributed by atoms with E-state index in [1.165, 1.54) is 17.8 Å². The van der Waals surface area contributed by atoms with Crippen LogP contribution in [0.2, 0.25) is 0 Å². The summed E-state index contributed by atoms with van der Waals surface area (Å²) in [7, 11) is 0. The first kappa shape index (κ1) is 15.4. The van der Waals surface area contributed by atoms with Gasteiger partial charge in [-0.25, -0.2) is 0 Å². The van der Waals surface area contributed by atoms with E-state index in [0.29, 0.717) is 16.7 Å². The van der Waals surface area contributed by atoms with Crippen molar-refractivity contribution in [1.82, 2.24) is 14.8 Å². The number of nitrogens with zero attached hydrogens (tertiary/aromatic N) is 3. The molecule has 118 valence electrons. The van der Waals surface area contributed by atoms with Crippen LogP contribution in [0.4, 0.5) is 0 Å². The van der Waals surface area contributed by atoms with Crippen molar-refractivity contribution in [3.05, 3.63) is 64.0 Å². The Hall–Kier alpha value is -2.54. The van der Waals surface area contributed by atoms with Crippen LogP contribution in [0.25, 0.3) is 5.69 Å². The van der Waals surface area contributed by atoms with Crippen LogP contribution in [0.1, 0.15) is 17.1 Å². The summed E-state index contributed by atoms with van der Waals surface area (Å²) in [6, 6.07) is 9.27. The Kier molecular flexibility index (Phi) is 4.20. The van der Waals surface area contributed by atoms with E-state index in [1.54, 1.807) is 0 Å². The molecule has 0 aliphatic heterocycles. The lowest BCUT2D eigenvalue weighted by Crippen LogP contribution is -2.02. The molecule has 3 rings (SSSR count). The van der Waals surface area contributed by atoms with Gasteiger partial charge in [0.15, 0.2) is 10.9 Å². The zero-order valence-electron chi connectivity index (χ0n) is 12.7. The van der Waals surface area contributed by atoms with Gasteiger partial charge < -0.3 is 9.52 Å². The van der Waals surface area contributed by atoms with E-state index in [4.69, 9.17) is 4.42 Å². The van der Waals surface area contributed by atoms with Gasteiger partial charge in [-0.05, 0) is 25.5 Å². The first-order chi connectivity index (χ1) is 11.1. The Balaban J connectivity index is 1.89. The Morgan fingerprint density at radius 3 is 2.78 bits per heavy atom. The van der Waals surface area contributed by atoms with Crippen molar-refractivity contribution in [2.24, 2.45) is 0 Å². The van der Waals surface area contributed by atoms with E-state index in [2.05, 4.69) is 10.2 Å². The van der Waals surface area contributed by atoms with Gasteiger partial charge in [-0.1, -0.05) is 30.0 Å². The molecule has 0 radical (unpaired) electrons. The Morgan fingerprint density at radius 1 is 1.26 bits per heavy atom. The monoisotopic (exact) mass is 329 g/mol. The maximum atomic E-state index is 11.4. The smallest absolute Gasteiger partial charge is 0.226 e. The van der Waals surface area contributed by atoms with E-state index >= 15 is 0 Å². The van der Waals surface area contributed by atoms with E-state index in [0.717, 1.165) is 23.3 Å². The number of thioether (sulfide) groups is 1. The number of aromatic nitrogens is 3. The quantitative estimate of drug-likeness (QED) is 0.741. The van der Waals surface area contributed by atoms with Crippen LogP contribution in [0.15, 0.2) is 51.0 Å². The molecule has 0 amide bonds. The van der Waals surface area contributed by atoms with Crippen molar-refractivity contribution in [3.63, 3.8) is 0 Å². The Morgan fingerprint density at radius 2 is 2.04 bits per heavy atom. The summed E-state index contributed by atoms with van der Waals surface area (Å²) < 4.78 is 7.18. The molecule has 0 saturated carbocycles. The number of benzene rings is 1. The largest absolute Gasteiger partial charge is 0.502 e. The summed E-state index contributed by atoms with van der Waals surface area (Å²) in [4.78, 5) is 11.4. The zero-order chi connectivity index (χ0) is 16.4. The second-order valence-corrected chi connectivity index (χ2v) is 5.98. The first-order valence-corrected chi connectivity index (χ1v) is 7.96. The van der Waals surface area contributed by atoms with Crippen molar-refractivity contribution < 1.29 is 9.52 Å². The normalized spacial score (nSPS) is 10.9. The zero-order valence-corrected chi connectivity index (χ0v) is 13.5. The highest BCUT2D eigenvalue weighted by Gasteiger charge is 2.14. The second-order valence-electron chi connectivity index (χ2n) is 5.04. The second kappa shape index (κ2) is 6.29. The fraction of sp³-hybridized carbons (Fsp3) is 0.188. The predicted molar refractivity (Wildman–Crippen MR) is 87.0 cm³/mol. The Labute approximate surface area is 136 Å². The average Bonchev–Trinajstić information content (AvgIpc) is 2.90. The summed E-state index contributed by atoms with van der Waals surface area (Å²) in [5.41, 5.74) is 1.68. The summed E-state index contributed by atoms with van der Waals surface area (Å²) in [5.74, 6) is 1.28. The van der Waals surface area contributed by atoms with Gasteiger partial charge in [0.2, 0.25) is 5.43 Å². The predicted octanol–water partition coefficient (Wildman–Crippen LogP) is 2.84. The van der Waals surface area contributed by atoms with E-state index in [9.17, 15) is 9.90 Å². The number of rotatable bonds is 4. The highest BCUT2D eigenvalue weighted by Crippen LogP contribution is 2.26. The Bertz CT molecular complexity index is 902. The third-order valence-electron chi connectivity index (χ3n) is 3.36. The van der Waals surface area contributed by atoms with Crippen molar-refractivity contribution in [2.75, 3.05) is 0 Å². The van der Waals surface area contributed by atoms with Gasteiger partial charge in [0.05, 0.1) is 11.4 Å². The maximum absolute atomic E-state index is 11.4. The van der Waals surface area contributed by atoms with Crippen LogP contribution < -0.4 is 5.43 Å². The molecule has 2 heterocycles. The molecule has 0 aliphatic rings. The fourth-order valence-electron chi connectivity index (χ4n) is 2.18. The van der Waals surface area contributed by atoms with Crippen LogP contribution >= 0.6 is 11.8 Å². The van der Waals surface area contributed by atoms with Gasteiger partial charge in [-0.3, -0.25) is 9.36 Å². The maximum Gasteiger partial charge on any atom is 0.226 e. The number of aryl methyl sites for hydroxylation is 2. The molecule has 0 unspecified atom stereocenters. The topological polar surface area (TPSA) is 81.2 Å². The minimum atomic E-state index is -0.455. The van der Waals surface area contributed by atoms with E-state index in [-0.39, 0.29) is 0 Å². The average molecular weight is 329 g/mol. The van der Waals surface area contributed by atoms with Gasteiger partial charge >= 0.3 is 0 Å². The molecule has 0 spiro atoms. The highest BCUT2D eigenvalue weighted by atomic mass is 32.2. The van der Waals surface area contributed by atoms with Crippen LogP contribution in [0, 0.1) is 13.8 Å². The SMILES string of the molecule is Cc1ccccc1-n1c(C)nnc1SCc1cc(=O)c(O)co1. The molecule has 1 N–H and O–H groups in total. The molecule has 0 aliphatic carbocycles. The standard InChI is InChI=1S/C16H15N3O3S/c1-10-5-3-4-6-13(10)19-11(2)17-18-16(19)23-9-12-7-14(20)15(21)8-22-12/h3-8,21H,9H2,1-2H3. The molecule has 2 aromatic heterocycles. The molecule has 3 aromatic rings. The lowest BCUT2D eigenvalue weighted by atomic mass is 10.2. The fourth-order valence-corrected chi connectivity index (χ4v) is 3.06. The molecular formula is C16H15N3O3S. The number of hydrogen-bond acceptors (Lipinski definition) is 6. The molecule has 6 nitrogen and oxygen atoms in total. The van der Waals surface area contributed by atoms with Gasteiger partial charge in [0.1, 0.15) is 17.8 Å². The third kappa shape index (κ3) is 3.14. The van der Waals surface area contributed by atoms with Gasteiger partial charge in [-0.2, -0.15) is 0 Å². The molecule has 23 heavy (non-hydrogen) atoms. The van der Waals surface area contributed by atoms with Crippen LogP contribution in [-0.2, 0) is 5.75 Å². The third-order valence-corrected chi connectivity index (χ3v) is 4.31.